The summed E-state index contributed by atoms with van der Waals surface area (Å²) in [6, 6.07) is 56.6. The van der Waals surface area contributed by atoms with Gasteiger partial charge in [0.1, 0.15) is 5.65 Å². The molecule has 230 valence electrons. The summed E-state index contributed by atoms with van der Waals surface area (Å²) in [7, 11) is -3.14. The van der Waals surface area contributed by atoms with E-state index in [4.69, 9.17) is 4.98 Å². The molecule has 3 heterocycles. The van der Waals surface area contributed by atoms with E-state index in [0.29, 0.717) is 0 Å². The van der Waals surface area contributed by atoms with Gasteiger partial charge in [0.05, 0.1) is 27.2 Å². The summed E-state index contributed by atoms with van der Waals surface area (Å²) in [5.41, 5.74) is 6.44. The van der Waals surface area contributed by atoms with E-state index in [9.17, 15) is 4.57 Å². The van der Waals surface area contributed by atoms with Crippen LogP contribution in [0.1, 0.15) is 0 Å². The van der Waals surface area contributed by atoms with Gasteiger partial charge in [-0.1, -0.05) is 103 Å². The standard InChI is InChI=1S/C44H29N3OP/c48-49(35-12-3-1-4-13-35,46-25-9-2-10-26-46)36-22-19-32-27-31(17-18-33(32)28-36)34-21-23-38-39-24-20-30-11-5-6-14-37(30)43(39)44-45-40-15-7-8-16-41(40)47(44)42(38)29-34/h1-29H/q+1. The van der Waals surface area contributed by atoms with Crippen LogP contribution in [0.15, 0.2) is 176 Å². The van der Waals surface area contributed by atoms with Crippen molar-refractivity contribution in [1.82, 2.24) is 9.38 Å². The zero-order valence-corrected chi connectivity index (χ0v) is 27.3. The fraction of sp³-hybridized carbons (Fsp3) is 0. The average Bonchev–Trinajstić information content (AvgIpc) is 3.57. The van der Waals surface area contributed by atoms with E-state index in [-0.39, 0.29) is 0 Å². The highest BCUT2D eigenvalue weighted by molar-refractivity contribution is 7.72. The van der Waals surface area contributed by atoms with Gasteiger partial charge in [0.2, 0.25) is 0 Å². The molecule has 5 heteroatoms. The Labute approximate surface area is 282 Å². The first-order chi connectivity index (χ1) is 24.2. The topological polar surface area (TPSA) is 38.3 Å². The number of benzene rings is 7. The van der Waals surface area contributed by atoms with Crippen LogP contribution in [0.4, 0.5) is 0 Å². The van der Waals surface area contributed by atoms with E-state index >= 15 is 0 Å². The zero-order valence-electron chi connectivity index (χ0n) is 26.4. The lowest BCUT2D eigenvalue weighted by Crippen LogP contribution is -2.40. The van der Waals surface area contributed by atoms with Crippen LogP contribution >= 0.6 is 7.29 Å². The smallest absolute Gasteiger partial charge is 0.292 e. The highest BCUT2D eigenvalue weighted by Gasteiger charge is 2.37. The van der Waals surface area contributed by atoms with Crippen molar-refractivity contribution < 1.29 is 8.90 Å². The van der Waals surface area contributed by atoms with Crippen molar-refractivity contribution in [3.05, 3.63) is 176 Å². The maximum atomic E-state index is 15.0. The summed E-state index contributed by atoms with van der Waals surface area (Å²) in [5, 5.41) is 9.75. The van der Waals surface area contributed by atoms with Crippen molar-refractivity contribution in [2.24, 2.45) is 0 Å². The Morgan fingerprint density at radius 1 is 0.490 bits per heavy atom. The van der Waals surface area contributed by atoms with Crippen molar-refractivity contribution in [1.29, 1.82) is 0 Å². The maximum Gasteiger partial charge on any atom is 0.380 e. The molecular formula is C44H29N3OP+. The first-order valence-electron chi connectivity index (χ1n) is 16.5. The molecule has 0 saturated carbocycles. The van der Waals surface area contributed by atoms with Crippen molar-refractivity contribution in [2.45, 2.75) is 0 Å². The number of rotatable bonds is 4. The monoisotopic (exact) mass is 646 g/mol. The molecule has 0 N–H and O–H groups in total. The molecule has 0 aliphatic rings. The summed E-state index contributed by atoms with van der Waals surface area (Å²) >= 11 is 0. The molecule has 10 rings (SSSR count). The lowest BCUT2D eigenvalue weighted by molar-refractivity contribution is -0.515. The Hall–Kier alpha value is -6.09. The van der Waals surface area contributed by atoms with Crippen LogP contribution in [0, 0.1) is 0 Å². The van der Waals surface area contributed by atoms with Crippen molar-refractivity contribution in [3.8, 4) is 11.1 Å². The highest BCUT2D eigenvalue weighted by atomic mass is 31.2. The van der Waals surface area contributed by atoms with E-state index in [1.54, 1.807) is 0 Å². The number of aromatic nitrogens is 3. The van der Waals surface area contributed by atoms with E-state index in [0.717, 1.165) is 54.7 Å². The van der Waals surface area contributed by atoms with Gasteiger partial charge in [-0.3, -0.25) is 4.40 Å². The first kappa shape index (κ1) is 28.0. The highest BCUT2D eigenvalue weighted by Crippen LogP contribution is 2.40. The Balaban J connectivity index is 1.16. The molecule has 0 spiro atoms. The molecule has 49 heavy (non-hydrogen) atoms. The van der Waals surface area contributed by atoms with Gasteiger partial charge in [0.25, 0.3) is 0 Å². The Bertz CT molecular complexity index is 2930. The maximum absolute atomic E-state index is 15.0. The predicted molar refractivity (Wildman–Crippen MR) is 204 cm³/mol. The van der Waals surface area contributed by atoms with Crippen molar-refractivity contribution >= 4 is 77.8 Å². The van der Waals surface area contributed by atoms with Crippen LogP contribution in [0.3, 0.4) is 0 Å². The summed E-state index contributed by atoms with van der Waals surface area (Å²) in [4.78, 5) is 5.20. The molecule has 1 unspecified atom stereocenters. The molecule has 0 fully saturated rings. The van der Waals surface area contributed by atoms with Crippen LogP contribution < -0.4 is 14.9 Å². The molecule has 0 bridgehead atoms. The quantitative estimate of drug-likeness (QED) is 0.141. The average molecular weight is 647 g/mol. The Kier molecular flexibility index (Phi) is 6.12. The summed E-state index contributed by atoms with van der Waals surface area (Å²) in [6.07, 6.45) is 3.79. The molecule has 0 amide bonds. The van der Waals surface area contributed by atoms with Gasteiger partial charge in [0.15, 0.2) is 12.4 Å². The molecule has 4 nitrogen and oxygen atoms in total. The molecule has 0 aliphatic carbocycles. The number of fused-ring (bicyclic) bond motifs is 11. The number of para-hydroxylation sites is 2. The van der Waals surface area contributed by atoms with E-state index in [1.807, 2.05) is 71.3 Å². The molecular weight excluding hydrogens is 617 g/mol. The molecule has 10 aromatic rings. The van der Waals surface area contributed by atoms with Crippen LogP contribution in [0.2, 0.25) is 0 Å². The first-order valence-corrected chi connectivity index (χ1v) is 18.1. The normalized spacial score (nSPS) is 13.1. The predicted octanol–water partition coefficient (Wildman–Crippen LogP) is 9.83. The van der Waals surface area contributed by atoms with E-state index in [2.05, 4.69) is 114 Å². The summed E-state index contributed by atoms with van der Waals surface area (Å²) < 4.78 is 19.2. The van der Waals surface area contributed by atoms with Crippen LogP contribution in [-0.4, -0.2) is 9.38 Å². The zero-order chi connectivity index (χ0) is 32.5. The Morgan fingerprint density at radius 2 is 1.16 bits per heavy atom. The van der Waals surface area contributed by atoms with Gasteiger partial charge >= 0.3 is 7.29 Å². The fourth-order valence-corrected chi connectivity index (χ4v) is 10.1. The SMILES string of the molecule is O=P(c1ccccc1)(c1ccc2cc(-c3ccc4c5ccc6ccccc6c5c5nc6ccccc6n5c4c3)ccc2c1)[n+]1ccccc1. The Morgan fingerprint density at radius 3 is 2.06 bits per heavy atom. The molecule has 1 atom stereocenters. The number of pyridine rings is 2. The lowest BCUT2D eigenvalue weighted by atomic mass is 9.96. The number of hydrogen-bond acceptors (Lipinski definition) is 2. The molecule has 0 aliphatic heterocycles. The molecule has 0 saturated heterocycles. The van der Waals surface area contributed by atoms with E-state index in [1.165, 1.54) is 26.9 Å². The van der Waals surface area contributed by atoms with Gasteiger partial charge in [-0.2, -0.15) is 4.34 Å². The second-order valence-corrected chi connectivity index (χ2v) is 15.3. The summed E-state index contributed by atoms with van der Waals surface area (Å²) in [6.45, 7) is 0. The van der Waals surface area contributed by atoms with Gasteiger partial charge in [0, 0.05) is 22.9 Å². The molecule has 7 aromatic carbocycles. The lowest BCUT2D eigenvalue weighted by Gasteiger charge is -2.15. The molecule has 0 radical (unpaired) electrons. The van der Waals surface area contributed by atoms with Gasteiger partial charge in [-0.15, -0.1) is 0 Å². The second kappa shape index (κ2) is 10.7. The van der Waals surface area contributed by atoms with Crippen molar-refractivity contribution in [3.63, 3.8) is 0 Å². The fourth-order valence-electron chi connectivity index (χ4n) is 7.52. The van der Waals surface area contributed by atoms with Crippen LogP contribution in [-0.2, 0) is 4.57 Å². The van der Waals surface area contributed by atoms with Crippen LogP contribution in [0.25, 0.3) is 71.0 Å². The summed E-state index contributed by atoms with van der Waals surface area (Å²) in [5.74, 6) is 0. The van der Waals surface area contributed by atoms with E-state index < -0.39 is 7.29 Å². The minimum Gasteiger partial charge on any atom is -0.292 e. The van der Waals surface area contributed by atoms with Crippen molar-refractivity contribution in [2.75, 3.05) is 0 Å². The number of nitrogens with zero attached hydrogens (tertiary/aromatic N) is 3. The minimum absolute atomic E-state index is 0.801. The number of imidazole rings is 1. The largest absolute Gasteiger partial charge is 0.380 e. The van der Waals surface area contributed by atoms with Gasteiger partial charge in [-0.05, 0) is 86.6 Å². The molecule has 3 aromatic heterocycles. The third-order valence-electron chi connectivity index (χ3n) is 9.88. The van der Waals surface area contributed by atoms with Crippen LogP contribution in [0.5, 0.6) is 0 Å². The second-order valence-electron chi connectivity index (χ2n) is 12.6. The third-order valence-corrected chi connectivity index (χ3v) is 12.8. The third kappa shape index (κ3) is 4.21. The minimum atomic E-state index is -3.14. The van der Waals surface area contributed by atoms with Gasteiger partial charge < -0.3 is 0 Å². The number of hydrogen-bond donors (Lipinski definition) is 0. The van der Waals surface area contributed by atoms with Gasteiger partial charge in [-0.25, -0.2) is 9.55 Å².